The Kier molecular flexibility index (Phi) is 13.9. The smallest absolute Gasteiger partial charge is 0.466 e. The highest BCUT2D eigenvalue weighted by Crippen LogP contribution is 2.28. The first-order valence-corrected chi connectivity index (χ1v) is 11.2. The summed E-state index contributed by atoms with van der Waals surface area (Å²) >= 11 is 0. The van der Waals surface area contributed by atoms with Gasteiger partial charge in [-0.15, -0.1) is 24.0 Å². The van der Waals surface area contributed by atoms with E-state index in [2.05, 4.69) is 15.6 Å². The topological polar surface area (TPSA) is 100 Å². The van der Waals surface area contributed by atoms with Crippen molar-refractivity contribution in [1.29, 1.82) is 0 Å². The van der Waals surface area contributed by atoms with E-state index in [0.29, 0.717) is 29.8 Å². The van der Waals surface area contributed by atoms with Gasteiger partial charge in [0.1, 0.15) is 0 Å². The number of carbonyl (C=O) groups is 1. The van der Waals surface area contributed by atoms with Crippen LogP contribution in [0.15, 0.2) is 4.99 Å². The normalized spacial score (nSPS) is 16.6. The van der Waals surface area contributed by atoms with E-state index in [1.807, 2.05) is 0 Å². The Morgan fingerprint density at radius 2 is 1.77 bits per heavy atom. The molecule has 0 aromatic carbocycles. The van der Waals surface area contributed by atoms with Crippen molar-refractivity contribution in [3.8, 4) is 0 Å². The molecular weight excluding hydrogens is 540 g/mol. The zero-order valence-corrected chi connectivity index (χ0v) is 20.5. The summed E-state index contributed by atoms with van der Waals surface area (Å²) in [6.07, 6.45) is 4.48. The maximum atomic E-state index is 12.6. The van der Waals surface area contributed by atoms with Gasteiger partial charge in [-0.3, -0.25) is 9.79 Å². The highest BCUT2D eigenvalue weighted by atomic mass is 127. The number of unbranched alkanes of at least 4 members (excludes halogenated alkanes) is 3. The van der Waals surface area contributed by atoms with E-state index in [9.17, 15) is 26.4 Å². The van der Waals surface area contributed by atoms with Crippen molar-refractivity contribution in [3.05, 3.63) is 0 Å². The lowest BCUT2D eigenvalue weighted by atomic mass is 10.1. The molecule has 13 heteroatoms. The molecule has 1 saturated heterocycles. The summed E-state index contributed by atoms with van der Waals surface area (Å²) in [6, 6.07) is -0.148. The molecule has 1 aliphatic rings. The van der Waals surface area contributed by atoms with Crippen LogP contribution < -0.4 is 10.6 Å². The number of hydrogen-bond donors (Lipinski definition) is 2. The summed E-state index contributed by atoms with van der Waals surface area (Å²) in [5.74, 6) is 0.359. The van der Waals surface area contributed by atoms with Crippen molar-refractivity contribution < 1.29 is 31.1 Å². The van der Waals surface area contributed by atoms with E-state index in [-0.39, 0.29) is 61.9 Å². The third kappa shape index (κ3) is 9.98. The summed E-state index contributed by atoms with van der Waals surface area (Å²) in [5.41, 5.74) is -5.26. The third-order valence-corrected chi connectivity index (χ3v) is 6.19. The minimum atomic E-state index is -5.26. The van der Waals surface area contributed by atoms with Crippen LogP contribution in [-0.2, 0) is 19.6 Å². The average molecular weight is 572 g/mol. The Bertz CT molecular complexity index is 639. The molecule has 0 radical (unpaired) electrons. The van der Waals surface area contributed by atoms with Crippen molar-refractivity contribution in [1.82, 2.24) is 14.9 Å². The Balaban J connectivity index is 0.00000841. The van der Waals surface area contributed by atoms with Crippen LogP contribution in [0.25, 0.3) is 0 Å². The first-order valence-electron chi connectivity index (χ1n) is 9.81. The van der Waals surface area contributed by atoms with Gasteiger partial charge in [-0.05, 0) is 32.6 Å². The van der Waals surface area contributed by atoms with Crippen LogP contribution in [0.1, 0.15) is 51.9 Å². The molecule has 0 spiro atoms. The van der Waals surface area contributed by atoms with Gasteiger partial charge in [0, 0.05) is 39.1 Å². The molecule has 1 fully saturated rings. The molecule has 0 aromatic rings. The van der Waals surface area contributed by atoms with Crippen LogP contribution in [0, 0.1) is 0 Å². The molecule has 0 bridgehead atoms. The minimum absolute atomic E-state index is 0. The lowest BCUT2D eigenvalue weighted by Gasteiger charge is -2.32. The number of aliphatic imine (C=N–C) groups is 1. The maximum Gasteiger partial charge on any atom is 0.511 e. The lowest BCUT2D eigenvalue weighted by molar-refractivity contribution is -0.143. The third-order valence-electron chi connectivity index (χ3n) is 4.56. The number of hydrogen-bond acceptors (Lipinski definition) is 5. The van der Waals surface area contributed by atoms with Crippen LogP contribution >= 0.6 is 24.0 Å². The van der Waals surface area contributed by atoms with Gasteiger partial charge in [-0.1, -0.05) is 12.8 Å². The maximum absolute atomic E-state index is 12.6. The Labute approximate surface area is 193 Å². The highest BCUT2D eigenvalue weighted by molar-refractivity contribution is 14.0. The molecule has 2 N–H and O–H groups in total. The fourth-order valence-electron chi connectivity index (χ4n) is 2.96. The van der Waals surface area contributed by atoms with Gasteiger partial charge in [-0.2, -0.15) is 17.5 Å². The minimum Gasteiger partial charge on any atom is -0.466 e. The van der Waals surface area contributed by atoms with E-state index in [1.165, 1.54) is 0 Å². The van der Waals surface area contributed by atoms with Crippen molar-refractivity contribution in [2.24, 2.45) is 4.99 Å². The van der Waals surface area contributed by atoms with Gasteiger partial charge in [-0.25, -0.2) is 8.42 Å². The van der Waals surface area contributed by atoms with E-state index in [4.69, 9.17) is 4.74 Å². The molecular formula is C17H32F3IN4O4S. The number of ether oxygens (including phenoxy) is 1. The van der Waals surface area contributed by atoms with Gasteiger partial charge in [0.25, 0.3) is 0 Å². The first-order chi connectivity index (χ1) is 13.6. The SMILES string of the molecule is CCOC(=O)CCCCCCNC(=NC)NC1CCN(S(=O)(=O)C(F)(F)F)CC1.I. The number of guanidine groups is 1. The number of esters is 1. The van der Waals surface area contributed by atoms with Crippen LogP contribution in [0.2, 0.25) is 0 Å². The second-order valence-electron chi connectivity index (χ2n) is 6.74. The Hall–Kier alpha value is -0.830. The Morgan fingerprint density at radius 1 is 1.17 bits per heavy atom. The molecule has 0 saturated carbocycles. The average Bonchev–Trinajstić information content (AvgIpc) is 2.66. The standard InChI is InChI=1S/C17H31F3N4O4S.HI/c1-3-28-15(25)8-6-4-5-7-11-22-16(21-2)23-14-9-12-24(13-10-14)29(26,27)17(18,19)20;/h14H,3-13H2,1-2H3,(H2,21,22,23);1H. The second kappa shape index (κ2) is 14.3. The molecule has 1 aliphatic heterocycles. The lowest BCUT2D eigenvalue weighted by Crippen LogP contribution is -2.51. The zero-order chi connectivity index (χ0) is 21.9. The fourth-order valence-corrected chi connectivity index (χ4v) is 3.95. The zero-order valence-electron chi connectivity index (χ0n) is 17.3. The summed E-state index contributed by atoms with van der Waals surface area (Å²) in [7, 11) is -3.67. The van der Waals surface area contributed by atoms with Crippen molar-refractivity contribution in [3.63, 3.8) is 0 Å². The van der Waals surface area contributed by atoms with Gasteiger partial charge < -0.3 is 15.4 Å². The van der Waals surface area contributed by atoms with Crippen LogP contribution in [-0.4, -0.2) is 69.5 Å². The molecule has 0 atom stereocenters. The predicted molar refractivity (Wildman–Crippen MR) is 119 cm³/mol. The monoisotopic (exact) mass is 572 g/mol. The quantitative estimate of drug-likeness (QED) is 0.137. The number of sulfonamides is 1. The molecule has 0 aromatic heterocycles. The van der Waals surface area contributed by atoms with E-state index in [0.717, 1.165) is 25.7 Å². The molecule has 1 heterocycles. The van der Waals surface area contributed by atoms with Gasteiger partial charge >= 0.3 is 21.5 Å². The van der Waals surface area contributed by atoms with Crippen molar-refractivity contribution in [2.45, 2.75) is 63.4 Å². The number of rotatable bonds is 10. The summed E-state index contributed by atoms with van der Waals surface area (Å²) in [4.78, 5) is 15.3. The molecule has 1 rings (SSSR count). The molecule has 0 unspecified atom stereocenters. The first kappa shape index (κ1) is 29.2. The molecule has 30 heavy (non-hydrogen) atoms. The van der Waals surface area contributed by atoms with Gasteiger partial charge in [0.15, 0.2) is 5.96 Å². The molecule has 0 aliphatic carbocycles. The van der Waals surface area contributed by atoms with Crippen molar-refractivity contribution >= 4 is 45.9 Å². The number of nitrogens with one attached hydrogen (secondary N) is 2. The number of alkyl halides is 3. The predicted octanol–water partition coefficient (Wildman–Crippen LogP) is 2.60. The molecule has 178 valence electrons. The van der Waals surface area contributed by atoms with Crippen LogP contribution in [0.4, 0.5) is 13.2 Å². The molecule has 0 amide bonds. The Morgan fingerprint density at radius 3 is 2.30 bits per heavy atom. The molecule has 8 nitrogen and oxygen atoms in total. The highest BCUT2D eigenvalue weighted by Gasteiger charge is 2.50. The van der Waals surface area contributed by atoms with Crippen molar-refractivity contribution in [2.75, 3.05) is 33.3 Å². The largest absolute Gasteiger partial charge is 0.511 e. The van der Waals surface area contributed by atoms with Gasteiger partial charge in [0.2, 0.25) is 0 Å². The van der Waals surface area contributed by atoms with E-state index < -0.39 is 15.5 Å². The number of piperidine rings is 1. The summed E-state index contributed by atoms with van der Waals surface area (Å²) in [5, 5.41) is 6.26. The number of carbonyl (C=O) groups excluding carboxylic acids is 1. The summed E-state index contributed by atoms with van der Waals surface area (Å²) < 4.78 is 66.0. The fraction of sp³-hybridized carbons (Fsp3) is 0.882. The van der Waals surface area contributed by atoms with Gasteiger partial charge in [0.05, 0.1) is 6.61 Å². The van der Waals surface area contributed by atoms with Crippen LogP contribution in [0.5, 0.6) is 0 Å². The van der Waals surface area contributed by atoms with E-state index >= 15 is 0 Å². The summed E-state index contributed by atoms with van der Waals surface area (Å²) in [6.45, 7) is 2.47. The van der Waals surface area contributed by atoms with Crippen LogP contribution in [0.3, 0.4) is 0 Å². The van der Waals surface area contributed by atoms with E-state index in [1.54, 1.807) is 14.0 Å². The second-order valence-corrected chi connectivity index (χ2v) is 8.67. The number of halogens is 4. The number of nitrogens with zero attached hydrogens (tertiary/aromatic N) is 2.